The molecule has 1 heterocycles. The van der Waals surface area contributed by atoms with E-state index < -0.39 is 0 Å². The van der Waals surface area contributed by atoms with E-state index in [2.05, 4.69) is 18.9 Å². The van der Waals surface area contributed by atoms with Gasteiger partial charge < -0.3 is 0 Å². The highest BCUT2D eigenvalue weighted by molar-refractivity contribution is 5.80. The number of benzene rings is 1. The number of non-ortho nitro benzene ring substituents is 1. The standard InChI is InChI=1S/C13H17N3O2/c1-3-5-11(4-2)15-9-10-8-12(16(17)18)6-7-13(10)14-15/h6-9,11H,3-5H2,1-2H3. The lowest BCUT2D eigenvalue weighted by Crippen LogP contribution is -2.07. The van der Waals surface area contributed by atoms with Crippen molar-refractivity contribution in [2.24, 2.45) is 0 Å². The van der Waals surface area contributed by atoms with Gasteiger partial charge in [-0.3, -0.25) is 14.8 Å². The molecule has 2 rings (SSSR count). The first-order chi connectivity index (χ1) is 8.65. The second-order valence-corrected chi connectivity index (χ2v) is 4.46. The van der Waals surface area contributed by atoms with E-state index in [-0.39, 0.29) is 10.6 Å². The van der Waals surface area contributed by atoms with Crippen LogP contribution in [0.15, 0.2) is 24.4 Å². The number of hydrogen-bond donors (Lipinski definition) is 0. The fourth-order valence-corrected chi connectivity index (χ4v) is 2.19. The van der Waals surface area contributed by atoms with E-state index in [1.807, 2.05) is 10.9 Å². The Labute approximate surface area is 106 Å². The molecule has 0 saturated carbocycles. The molecule has 0 amide bonds. The molecule has 5 heteroatoms. The summed E-state index contributed by atoms with van der Waals surface area (Å²) in [6.45, 7) is 4.28. The minimum absolute atomic E-state index is 0.116. The first-order valence-corrected chi connectivity index (χ1v) is 6.29. The van der Waals surface area contributed by atoms with Gasteiger partial charge in [0.1, 0.15) is 0 Å². The van der Waals surface area contributed by atoms with E-state index in [0.717, 1.165) is 30.2 Å². The number of fused-ring (bicyclic) bond motifs is 1. The van der Waals surface area contributed by atoms with E-state index >= 15 is 0 Å². The zero-order valence-electron chi connectivity index (χ0n) is 10.7. The van der Waals surface area contributed by atoms with Crippen molar-refractivity contribution >= 4 is 16.6 Å². The van der Waals surface area contributed by atoms with Crippen LogP contribution in [0.5, 0.6) is 0 Å². The van der Waals surface area contributed by atoms with E-state index in [0.29, 0.717) is 6.04 Å². The fourth-order valence-electron chi connectivity index (χ4n) is 2.19. The van der Waals surface area contributed by atoms with Crippen molar-refractivity contribution in [1.29, 1.82) is 0 Å². The lowest BCUT2D eigenvalue weighted by Gasteiger charge is -2.13. The topological polar surface area (TPSA) is 61.0 Å². The van der Waals surface area contributed by atoms with Crippen molar-refractivity contribution in [1.82, 2.24) is 9.78 Å². The van der Waals surface area contributed by atoms with Gasteiger partial charge in [0.05, 0.1) is 16.5 Å². The lowest BCUT2D eigenvalue weighted by molar-refractivity contribution is -0.384. The molecule has 1 unspecified atom stereocenters. The summed E-state index contributed by atoms with van der Waals surface area (Å²) in [6.07, 6.45) is 5.11. The van der Waals surface area contributed by atoms with Gasteiger partial charge in [-0.2, -0.15) is 5.10 Å². The minimum Gasteiger partial charge on any atom is -0.268 e. The van der Waals surface area contributed by atoms with Gasteiger partial charge in [0.2, 0.25) is 0 Å². The van der Waals surface area contributed by atoms with Crippen molar-refractivity contribution in [2.45, 2.75) is 39.2 Å². The molecule has 96 valence electrons. The quantitative estimate of drug-likeness (QED) is 0.598. The zero-order valence-corrected chi connectivity index (χ0v) is 10.7. The number of aromatic nitrogens is 2. The van der Waals surface area contributed by atoms with E-state index in [9.17, 15) is 10.1 Å². The normalized spacial score (nSPS) is 12.8. The Morgan fingerprint density at radius 3 is 2.83 bits per heavy atom. The molecule has 1 atom stereocenters. The second-order valence-electron chi connectivity index (χ2n) is 4.46. The molecular formula is C13H17N3O2. The molecule has 1 aromatic carbocycles. The average molecular weight is 247 g/mol. The highest BCUT2D eigenvalue weighted by atomic mass is 16.6. The van der Waals surface area contributed by atoms with Crippen LogP contribution in [0.25, 0.3) is 10.9 Å². The van der Waals surface area contributed by atoms with Crippen molar-refractivity contribution in [3.8, 4) is 0 Å². The van der Waals surface area contributed by atoms with E-state index in [4.69, 9.17) is 0 Å². The van der Waals surface area contributed by atoms with Crippen LogP contribution in [0.2, 0.25) is 0 Å². The number of rotatable bonds is 5. The highest BCUT2D eigenvalue weighted by Gasteiger charge is 2.12. The van der Waals surface area contributed by atoms with Gasteiger partial charge in [0, 0.05) is 23.7 Å². The summed E-state index contributed by atoms with van der Waals surface area (Å²) < 4.78 is 1.94. The van der Waals surface area contributed by atoms with Crippen LogP contribution in [-0.2, 0) is 0 Å². The third kappa shape index (κ3) is 2.34. The van der Waals surface area contributed by atoms with Crippen LogP contribution in [0.3, 0.4) is 0 Å². The Kier molecular flexibility index (Phi) is 3.60. The number of hydrogen-bond acceptors (Lipinski definition) is 3. The summed E-state index contributed by atoms with van der Waals surface area (Å²) in [5.41, 5.74) is 0.931. The van der Waals surface area contributed by atoms with Crippen LogP contribution in [-0.4, -0.2) is 14.7 Å². The van der Waals surface area contributed by atoms with Crippen LogP contribution in [0.1, 0.15) is 39.2 Å². The molecular weight excluding hydrogens is 230 g/mol. The van der Waals surface area contributed by atoms with Crippen LogP contribution >= 0.6 is 0 Å². The molecule has 0 saturated heterocycles. The predicted octanol–water partition coefficient (Wildman–Crippen LogP) is 3.70. The Morgan fingerprint density at radius 2 is 2.22 bits per heavy atom. The van der Waals surface area contributed by atoms with Crippen molar-refractivity contribution in [3.05, 3.63) is 34.5 Å². The lowest BCUT2D eigenvalue weighted by atomic mass is 10.1. The summed E-state index contributed by atoms with van der Waals surface area (Å²) in [5.74, 6) is 0. The largest absolute Gasteiger partial charge is 0.270 e. The van der Waals surface area contributed by atoms with Crippen LogP contribution in [0, 0.1) is 10.1 Å². The predicted molar refractivity (Wildman–Crippen MR) is 70.6 cm³/mol. The van der Waals surface area contributed by atoms with Gasteiger partial charge in [-0.1, -0.05) is 20.3 Å². The average Bonchev–Trinajstić information content (AvgIpc) is 2.78. The van der Waals surface area contributed by atoms with Crippen molar-refractivity contribution < 1.29 is 4.92 Å². The molecule has 0 aliphatic carbocycles. The Hall–Kier alpha value is -1.91. The molecule has 2 aromatic rings. The highest BCUT2D eigenvalue weighted by Crippen LogP contribution is 2.23. The van der Waals surface area contributed by atoms with E-state index in [1.54, 1.807) is 12.1 Å². The van der Waals surface area contributed by atoms with E-state index in [1.165, 1.54) is 6.07 Å². The third-order valence-electron chi connectivity index (χ3n) is 3.18. The summed E-state index contributed by atoms with van der Waals surface area (Å²) >= 11 is 0. The fraction of sp³-hybridized carbons (Fsp3) is 0.462. The Balaban J connectivity index is 2.40. The summed E-state index contributed by atoms with van der Waals surface area (Å²) in [5, 5.41) is 16.1. The molecule has 5 nitrogen and oxygen atoms in total. The Morgan fingerprint density at radius 1 is 1.44 bits per heavy atom. The minimum atomic E-state index is -0.375. The first-order valence-electron chi connectivity index (χ1n) is 6.29. The summed E-state index contributed by atoms with van der Waals surface area (Å²) in [7, 11) is 0. The molecule has 0 bridgehead atoms. The maximum Gasteiger partial charge on any atom is 0.270 e. The molecule has 0 spiro atoms. The molecule has 0 fully saturated rings. The summed E-state index contributed by atoms with van der Waals surface area (Å²) in [6, 6.07) is 5.17. The first kappa shape index (κ1) is 12.5. The maximum atomic E-state index is 10.7. The molecule has 0 N–H and O–H groups in total. The zero-order chi connectivity index (χ0) is 13.1. The monoisotopic (exact) mass is 247 g/mol. The molecule has 1 aromatic heterocycles. The molecule has 0 aliphatic rings. The van der Waals surface area contributed by atoms with Crippen LogP contribution in [0.4, 0.5) is 5.69 Å². The van der Waals surface area contributed by atoms with Crippen LogP contribution < -0.4 is 0 Å². The SMILES string of the molecule is CCCC(CC)n1cc2cc([N+](=O)[O-])ccc2n1. The van der Waals surface area contributed by atoms with Crippen molar-refractivity contribution in [3.63, 3.8) is 0 Å². The molecule has 0 radical (unpaired) electrons. The number of nitrogens with zero attached hydrogens (tertiary/aromatic N) is 3. The summed E-state index contributed by atoms with van der Waals surface area (Å²) in [4.78, 5) is 10.3. The van der Waals surface area contributed by atoms with Gasteiger partial charge in [0.25, 0.3) is 5.69 Å². The second kappa shape index (κ2) is 5.16. The number of nitro benzene ring substituents is 1. The Bertz CT molecular complexity index is 562. The van der Waals surface area contributed by atoms with Gasteiger partial charge in [-0.05, 0) is 18.9 Å². The molecule has 0 aliphatic heterocycles. The maximum absolute atomic E-state index is 10.7. The van der Waals surface area contributed by atoms with Gasteiger partial charge in [0.15, 0.2) is 0 Å². The smallest absolute Gasteiger partial charge is 0.268 e. The van der Waals surface area contributed by atoms with Gasteiger partial charge >= 0.3 is 0 Å². The third-order valence-corrected chi connectivity index (χ3v) is 3.18. The van der Waals surface area contributed by atoms with Gasteiger partial charge in [-0.15, -0.1) is 0 Å². The number of nitro groups is 1. The van der Waals surface area contributed by atoms with Gasteiger partial charge in [-0.25, -0.2) is 0 Å². The van der Waals surface area contributed by atoms with Crippen molar-refractivity contribution in [2.75, 3.05) is 0 Å². The molecule has 18 heavy (non-hydrogen) atoms.